The lowest BCUT2D eigenvalue weighted by Crippen LogP contribution is -2.09. The molecular weight excluding hydrogens is 174 g/mol. The Kier molecular flexibility index (Phi) is 2.02. The van der Waals surface area contributed by atoms with Crippen molar-refractivity contribution in [2.24, 2.45) is 5.41 Å². The summed E-state index contributed by atoms with van der Waals surface area (Å²) in [5.74, 6) is 0. The number of aromatic nitrogens is 3. The van der Waals surface area contributed by atoms with Crippen molar-refractivity contribution in [3.63, 3.8) is 0 Å². The van der Waals surface area contributed by atoms with Crippen molar-refractivity contribution in [2.75, 3.05) is 0 Å². The number of H-pyrrole nitrogens is 1. The highest BCUT2D eigenvalue weighted by molar-refractivity contribution is 5.75. The van der Waals surface area contributed by atoms with Crippen LogP contribution in [0.2, 0.25) is 0 Å². The fourth-order valence-corrected chi connectivity index (χ4v) is 1.59. The van der Waals surface area contributed by atoms with Crippen LogP contribution in [0.5, 0.6) is 0 Å². The standard InChI is InChI=1S/C11H15N3/c1-11(2,3)5-9-4-8-6-12-7-13-10(8)14-9/h4,6-7H,5H2,1-3H3,(H,12,13,14). The molecule has 2 aromatic heterocycles. The van der Waals surface area contributed by atoms with Crippen molar-refractivity contribution in [1.82, 2.24) is 15.0 Å². The van der Waals surface area contributed by atoms with E-state index in [1.165, 1.54) is 5.69 Å². The van der Waals surface area contributed by atoms with Crippen LogP contribution in [0.1, 0.15) is 26.5 Å². The predicted octanol–water partition coefficient (Wildman–Crippen LogP) is 2.55. The molecular formula is C11H15N3. The molecule has 2 rings (SSSR count). The second kappa shape index (κ2) is 3.08. The lowest BCUT2D eigenvalue weighted by Gasteiger charge is -2.16. The quantitative estimate of drug-likeness (QED) is 0.749. The number of nitrogens with zero attached hydrogens (tertiary/aromatic N) is 2. The minimum Gasteiger partial charge on any atom is -0.343 e. The summed E-state index contributed by atoms with van der Waals surface area (Å²) in [7, 11) is 0. The number of aromatic amines is 1. The third-order valence-corrected chi connectivity index (χ3v) is 2.07. The van der Waals surface area contributed by atoms with E-state index in [1.54, 1.807) is 6.33 Å². The van der Waals surface area contributed by atoms with Crippen LogP contribution >= 0.6 is 0 Å². The smallest absolute Gasteiger partial charge is 0.140 e. The van der Waals surface area contributed by atoms with Gasteiger partial charge in [-0.3, -0.25) is 0 Å². The molecule has 0 unspecified atom stereocenters. The van der Waals surface area contributed by atoms with Crippen molar-refractivity contribution in [1.29, 1.82) is 0 Å². The van der Waals surface area contributed by atoms with E-state index in [-0.39, 0.29) is 0 Å². The zero-order chi connectivity index (χ0) is 10.2. The normalized spacial score (nSPS) is 12.2. The summed E-state index contributed by atoms with van der Waals surface area (Å²) < 4.78 is 0. The van der Waals surface area contributed by atoms with Gasteiger partial charge < -0.3 is 4.98 Å². The number of hydrogen-bond acceptors (Lipinski definition) is 2. The average Bonchev–Trinajstić information content (AvgIpc) is 2.42. The monoisotopic (exact) mass is 189 g/mol. The van der Waals surface area contributed by atoms with Gasteiger partial charge in [0, 0.05) is 17.3 Å². The molecule has 0 amide bonds. The highest BCUT2D eigenvalue weighted by atomic mass is 14.9. The van der Waals surface area contributed by atoms with Crippen LogP contribution in [0.25, 0.3) is 11.0 Å². The second-order valence-corrected chi connectivity index (χ2v) is 4.86. The largest absolute Gasteiger partial charge is 0.343 e. The van der Waals surface area contributed by atoms with Gasteiger partial charge in [-0.1, -0.05) is 20.8 Å². The maximum absolute atomic E-state index is 4.17. The van der Waals surface area contributed by atoms with Crippen LogP contribution in [-0.4, -0.2) is 15.0 Å². The molecule has 0 saturated carbocycles. The Morgan fingerprint density at radius 2 is 2.14 bits per heavy atom. The molecule has 0 radical (unpaired) electrons. The van der Waals surface area contributed by atoms with Crippen molar-refractivity contribution < 1.29 is 0 Å². The number of rotatable bonds is 1. The van der Waals surface area contributed by atoms with Crippen molar-refractivity contribution in [3.05, 3.63) is 24.3 Å². The number of fused-ring (bicyclic) bond motifs is 1. The maximum Gasteiger partial charge on any atom is 0.140 e. The summed E-state index contributed by atoms with van der Waals surface area (Å²) in [4.78, 5) is 11.5. The molecule has 0 aliphatic rings. The van der Waals surface area contributed by atoms with Gasteiger partial charge in [0.25, 0.3) is 0 Å². The minimum atomic E-state index is 0.300. The Labute approximate surface area is 83.6 Å². The fourth-order valence-electron chi connectivity index (χ4n) is 1.59. The van der Waals surface area contributed by atoms with Gasteiger partial charge >= 0.3 is 0 Å². The van der Waals surface area contributed by atoms with E-state index in [4.69, 9.17) is 0 Å². The van der Waals surface area contributed by atoms with Gasteiger partial charge in [0.2, 0.25) is 0 Å². The van der Waals surface area contributed by atoms with Crippen LogP contribution < -0.4 is 0 Å². The van der Waals surface area contributed by atoms with Gasteiger partial charge in [0.05, 0.1) is 0 Å². The summed E-state index contributed by atoms with van der Waals surface area (Å²) in [6, 6.07) is 2.13. The summed E-state index contributed by atoms with van der Waals surface area (Å²) in [6.45, 7) is 6.68. The van der Waals surface area contributed by atoms with E-state index in [2.05, 4.69) is 41.8 Å². The van der Waals surface area contributed by atoms with Crippen LogP contribution in [-0.2, 0) is 6.42 Å². The molecule has 0 aromatic carbocycles. The summed E-state index contributed by atoms with van der Waals surface area (Å²) in [5.41, 5.74) is 2.46. The maximum atomic E-state index is 4.17. The van der Waals surface area contributed by atoms with Gasteiger partial charge in [-0.05, 0) is 17.9 Å². The molecule has 0 bridgehead atoms. The first-order chi connectivity index (χ1) is 6.54. The van der Waals surface area contributed by atoms with Crippen LogP contribution in [0.3, 0.4) is 0 Å². The molecule has 0 aliphatic carbocycles. The first-order valence-corrected chi connectivity index (χ1v) is 4.82. The van der Waals surface area contributed by atoms with Crippen LogP contribution in [0.15, 0.2) is 18.6 Å². The summed E-state index contributed by atoms with van der Waals surface area (Å²) in [5, 5.41) is 1.09. The Bertz CT molecular complexity index is 404. The summed E-state index contributed by atoms with van der Waals surface area (Å²) >= 11 is 0. The molecule has 2 aromatic rings. The minimum absolute atomic E-state index is 0.300. The molecule has 74 valence electrons. The van der Waals surface area contributed by atoms with E-state index >= 15 is 0 Å². The Balaban J connectivity index is 2.36. The topological polar surface area (TPSA) is 41.6 Å². The molecule has 14 heavy (non-hydrogen) atoms. The van der Waals surface area contributed by atoms with E-state index < -0.39 is 0 Å². The lowest BCUT2D eigenvalue weighted by atomic mass is 9.91. The molecule has 3 heteroatoms. The van der Waals surface area contributed by atoms with Gasteiger partial charge in [0.15, 0.2) is 0 Å². The molecule has 0 aliphatic heterocycles. The third-order valence-electron chi connectivity index (χ3n) is 2.07. The Morgan fingerprint density at radius 3 is 2.79 bits per heavy atom. The first-order valence-electron chi connectivity index (χ1n) is 4.82. The molecule has 2 heterocycles. The molecule has 0 saturated heterocycles. The lowest BCUT2D eigenvalue weighted by molar-refractivity contribution is 0.407. The highest BCUT2D eigenvalue weighted by Gasteiger charge is 2.13. The molecule has 0 atom stereocenters. The van der Waals surface area contributed by atoms with E-state index in [0.717, 1.165) is 17.5 Å². The predicted molar refractivity (Wildman–Crippen MR) is 57.0 cm³/mol. The third kappa shape index (κ3) is 1.92. The Hall–Kier alpha value is -1.38. The zero-order valence-electron chi connectivity index (χ0n) is 8.83. The highest BCUT2D eigenvalue weighted by Crippen LogP contribution is 2.21. The molecule has 1 N–H and O–H groups in total. The molecule has 0 spiro atoms. The Morgan fingerprint density at radius 1 is 1.36 bits per heavy atom. The van der Waals surface area contributed by atoms with Gasteiger partial charge in [-0.15, -0.1) is 0 Å². The number of hydrogen-bond donors (Lipinski definition) is 1. The van der Waals surface area contributed by atoms with Crippen LogP contribution in [0.4, 0.5) is 0 Å². The second-order valence-electron chi connectivity index (χ2n) is 4.86. The van der Waals surface area contributed by atoms with Crippen LogP contribution in [0, 0.1) is 5.41 Å². The van der Waals surface area contributed by atoms with E-state index in [9.17, 15) is 0 Å². The number of nitrogens with one attached hydrogen (secondary N) is 1. The average molecular weight is 189 g/mol. The SMILES string of the molecule is CC(C)(C)Cc1cc2cncnc2[nH]1. The molecule has 0 fully saturated rings. The van der Waals surface area contributed by atoms with E-state index in [1.807, 2.05) is 6.20 Å². The zero-order valence-corrected chi connectivity index (χ0v) is 8.83. The van der Waals surface area contributed by atoms with E-state index in [0.29, 0.717) is 5.41 Å². The van der Waals surface area contributed by atoms with Crippen molar-refractivity contribution in [3.8, 4) is 0 Å². The van der Waals surface area contributed by atoms with Gasteiger partial charge in [0.1, 0.15) is 12.0 Å². The van der Waals surface area contributed by atoms with Gasteiger partial charge in [-0.2, -0.15) is 0 Å². The van der Waals surface area contributed by atoms with Crippen molar-refractivity contribution in [2.45, 2.75) is 27.2 Å². The molecule has 3 nitrogen and oxygen atoms in total. The summed E-state index contributed by atoms with van der Waals surface area (Å²) in [6.07, 6.45) is 4.44. The van der Waals surface area contributed by atoms with Crippen molar-refractivity contribution >= 4 is 11.0 Å². The fraction of sp³-hybridized carbons (Fsp3) is 0.455. The first kappa shape index (κ1) is 9.19. The van der Waals surface area contributed by atoms with Gasteiger partial charge in [-0.25, -0.2) is 9.97 Å².